The van der Waals surface area contributed by atoms with E-state index in [0.717, 1.165) is 0 Å². The number of phenolic OH excluding ortho intramolecular Hbond substituents is 1. The van der Waals surface area contributed by atoms with Gasteiger partial charge in [-0.05, 0) is 61.1 Å². The molecule has 1 aliphatic rings. The molecule has 0 bridgehead atoms. The Hall–Kier alpha value is -9.25. The number of carboxylic acid groups (broad SMARTS) is 1. The number of carbonyl (C=O) groups excluding carboxylic acids is 9. The average Bonchev–Trinajstić information content (AvgIpc) is 4.44. The number of aromatic amines is 2. The van der Waals surface area contributed by atoms with Crippen LogP contribution in [0, 0.1) is 0 Å². The first-order chi connectivity index (χ1) is 39.6. The molecule has 2 aromatic heterocycles. The van der Waals surface area contributed by atoms with Crippen molar-refractivity contribution in [2.45, 2.75) is 119 Å². The van der Waals surface area contributed by atoms with Crippen molar-refractivity contribution in [2.75, 3.05) is 19.8 Å². The standard InChI is InChI=1S/C55H69N13O15/c1-29(71)46(55(82)83)67-50(77)39(20-30-8-3-2-4-9-30)63-53(80)44-12-7-19-68(44)54(81)41(21-31-13-15-34(72)16-14-31)64-51(78)42(26-69)66-52(79)43(27-70)65-49(76)40(22-32-24-59-37-11-6-5-10-35(32)37)62-48(75)38(17-18-45(57)73)61-47(74)36(56)23-33-25-58-28-60-33/h2-6,8-11,13-16,24-25,28-29,36,38-44,46,59,69-72H,7,12,17-23,26-27,56H2,1H3,(H2,57,73)(H,58,60)(H,61,74)(H,62,75)(H,63,80)(H,64,78)(H,65,76)(H,66,79)(H,67,77)(H,82,83)/t29-,36+,38+,39+,40+,41+,42+,43+,44+,46+/m1/s1. The minimum atomic E-state index is -1.86. The van der Waals surface area contributed by atoms with E-state index in [1.165, 1.54) is 48.6 Å². The summed E-state index contributed by atoms with van der Waals surface area (Å²) in [7, 11) is 0. The number of aliphatic hydroxyl groups excluding tert-OH is 3. The van der Waals surface area contributed by atoms with Gasteiger partial charge < -0.3 is 89.1 Å². The molecule has 0 spiro atoms. The van der Waals surface area contributed by atoms with Crippen LogP contribution < -0.4 is 48.7 Å². The number of amides is 9. The van der Waals surface area contributed by atoms with Gasteiger partial charge in [-0.1, -0.05) is 60.7 Å². The van der Waals surface area contributed by atoms with Gasteiger partial charge in [-0.2, -0.15) is 0 Å². The number of nitrogens with zero attached hydrogens (tertiary/aromatic N) is 2. The molecule has 444 valence electrons. The number of imidazole rings is 1. The highest BCUT2D eigenvalue weighted by Crippen LogP contribution is 2.23. The average molecular weight is 1150 g/mol. The predicted octanol–water partition coefficient (Wildman–Crippen LogP) is -3.71. The van der Waals surface area contributed by atoms with Crippen molar-refractivity contribution in [3.8, 4) is 5.75 Å². The van der Waals surface area contributed by atoms with Gasteiger partial charge in [0.2, 0.25) is 53.2 Å². The molecule has 9 amide bonds. The summed E-state index contributed by atoms with van der Waals surface area (Å²) in [6.45, 7) is -1.03. The second-order valence-corrected chi connectivity index (χ2v) is 20.0. The highest BCUT2D eigenvalue weighted by atomic mass is 16.4. The molecule has 0 saturated carbocycles. The number of nitrogens with one attached hydrogen (secondary N) is 9. The molecule has 83 heavy (non-hydrogen) atoms. The van der Waals surface area contributed by atoms with E-state index in [-0.39, 0.29) is 63.7 Å². The normalized spacial score (nSPS) is 16.3. The highest BCUT2D eigenvalue weighted by molar-refractivity contribution is 5.99. The van der Waals surface area contributed by atoms with Gasteiger partial charge in [0.05, 0.1) is 31.7 Å². The number of aliphatic hydroxyl groups is 3. The smallest absolute Gasteiger partial charge is 0.328 e. The van der Waals surface area contributed by atoms with Crippen LogP contribution in [0.15, 0.2) is 97.6 Å². The molecule has 0 aliphatic carbocycles. The zero-order chi connectivity index (χ0) is 60.3. The lowest BCUT2D eigenvalue weighted by Crippen LogP contribution is -2.62. The molecule has 6 rings (SSSR count). The third-order valence-electron chi connectivity index (χ3n) is 13.8. The molecule has 0 radical (unpaired) electrons. The van der Waals surface area contributed by atoms with E-state index in [0.29, 0.717) is 33.3 Å². The Kier molecular flexibility index (Phi) is 22.7. The van der Waals surface area contributed by atoms with Crippen molar-refractivity contribution >= 4 is 70.0 Å². The third-order valence-corrected chi connectivity index (χ3v) is 13.8. The fourth-order valence-corrected chi connectivity index (χ4v) is 9.31. The summed E-state index contributed by atoms with van der Waals surface area (Å²) in [4.78, 5) is 147. The Labute approximate surface area is 474 Å². The maximum Gasteiger partial charge on any atom is 0.328 e. The highest BCUT2D eigenvalue weighted by Gasteiger charge is 2.41. The topological polar surface area (TPSA) is 456 Å². The molecule has 10 atom stereocenters. The monoisotopic (exact) mass is 1150 g/mol. The summed E-state index contributed by atoms with van der Waals surface area (Å²) in [5.41, 5.74) is 14.2. The Balaban J connectivity index is 1.18. The number of hydrogen-bond donors (Lipinski definition) is 16. The van der Waals surface area contributed by atoms with Crippen LogP contribution in [0.5, 0.6) is 5.75 Å². The van der Waals surface area contributed by atoms with Crippen LogP contribution in [0.3, 0.4) is 0 Å². The molecule has 28 nitrogen and oxygen atoms in total. The van der Waals surface area contributed by atoms with Gasteiger partial charge in [0.1, 0.15) is 48.0 Å². The van der Waals surface area contributed by atoms with Gasteiger partial charge in [0, 0.05) is 67.6 Å². The van der Waals surface area contributed by atoms with Crippen LogP contribution in [0.1, 0.15) is 55.0 Å². The number of nitrogens with two attached hydrogens (primary N) is 2. The van der Waals surface area contributed by atoms with Crippen LogP contribution in [0.2, 0.25) is 0 Å². The maximum atomic E-state index is 14.7. The van der Waals surface area contributed by atoms with Crippen molar-refractivity contribution in [1.82, 2.24) is 57.1 Å². The molecule has 28 heteroatoms. The quantitative estimate of drug-likeness (QED) is 0.0210. The van der Waals surface area contributed by atoms with Gasteiger partial charge in [-0.15, -0.1) is 0 Å². The Bertz CT molecular complexity index is 3070. The zero-order valence-corrected chi connectivity index (χ0v) is 45.2. The zero-order valence-electron chi connectivity index (χ0n) is 45.2. The lowest BCUT2D eigenvalue weighted by Gasteiger charge is -2.31. The molecule has 1 fully saturated rings. The summed E-state index contributed by atoms with van der Waals surface area (Å²) in [6.07, 6.45) is 1.98. The number of rotatable bonds is 30. The van der Waals surface area contributed by atoms with Crippen molar-refractivity contribution < 1.29 is 73.5 Å². The van der Waals surface area contributed by atoms with E-state index in [4.69, 9.17) is 11.5 Å². The van der Waals surface area contributed by atoms with E-state index in [9.17, 15) is 73.5 Å². The lowest BCUT2D eigenvalue weighted by molar-refractivity contribution is -0.145. The van der Waals surface area contributed by atoms with E-state index in [2.05, 4.69) is 52.2 Å². The molecule has 0 unspecified atom stereocenters. The van der Waals surface area contributed by atoms with Crippen LogP contribution >= 0.6 is 0 Å². The number of para-hydroxylation sites is 1. The van der Waals surface area contributed by atoms with E-state index in [1.54, 1.807) is 60.8 Å². The van der Waals surface area contributed by atoms with Crippen molar-refractivity contribution in [1.29, 1.82) is 0 Å². The van der Waals surface area contributed by atoms with Gasteiger partial charge >= 0.3 is 5.97 Å². The first-order valence-electron chi connectivity index (χ1n) is 26.6. The van der Waals surface area contributed by atoms with Crippen molar-refractivity contribution in [3.05, 3.63) is 120 Å². The van der Waals surface area contributed by atoms with Crippen LogP contribution in [0.4, 0.5) is 0 Å². The first-order valence-corrected chi connectivity index (χ1v) is 26.6. The predicted molar refractivity (Wildman–Crippen MR) is 294 cm³/mol. The van der Waals surface area contributed by atoms with Gasteiger partial charge in [-0.25, -0.2) is 9.78 Å². The summed E-state index contributed by atoms with van der Waals surface area (Å²) >= 11 is 0. The minimum absolute atomic E-state index is 0.00264. The number of H-pyrrole nitrogens is 2. The molecule has 3 heterocycles. The van der Waals surface area contributed by atoms with Gasteiger partial charge in [0.25, 0.3) is 0 Å². The lowest BCUT2D eigenvalue weighted by atomic mass is 10.0. The van der Waals surface area contributed by atoms with Crippen LogP contribution in [-0.2, 0) is 73.6 Å². The number of benzene rings is 3. The number of primary amides is 1. The fourth-order valence-electron chi connectivity index (χ4n) is 9.31. The number of aromatic nitrogens is 3. The Morgan fingerprint density at radius 2 is 1.22 bits per heavy atom. The minimum Gasteiger partial charge on any atom is -0.508 e. The molecule has 1 saturated heterocycles. The number of fused-ring (bicyclic) bond motifs is 1. The second kappa shape index (κ2) is 30.0. The summed E-state index contributed by atoms with van der Waals surface area (Å²) in [6, 6.07) is 7.24. The van der Waals surface area contributed by atoms with Gasteiger partial charge in [0.15, 0.2) is 6.04 Å². The van der Waals surface area contributed by atoms with Crippen molar-refractivity contribution in [3.63, 3.8) is 0 Å². The Morgan fingerprint density at radius 3 is 1.83 bits per heavy atom. The number of likely N-dealkylation sites (tertiary alicyclic amines) is 1. The van der Waals surface area contributed by atoms with E-state index in [1.807, 2.05) is 0 Å². The SMILES string of the molecule is C[C@@H](O)[C@H](NC(=O)[C@H](Cc1ccccc1)NC(=O)[C@@H]1CCCN1C(=O)[C@H](Cc1ccc(O)cc1)NC(=O)[C@H](CO)NC(=O)[C@H](CO)NC(=O)[C@H](Cc1c[nH]c2ccccc12)NC(=O)[C@H](CCC(N)=O)NC(=O)[C@@H](N)Cc1cnc[nH]1)C(=O)O. The number of phenols is 1. The van der Waals surface area contributed by atoms with Crippen LogP contribution in [0.25, 0.3) is 10.9 Å². The van der Waals surface area contributed by atoms with E-state index >= 15 is 0 Å². The number of aliphatic carboxylic acids is 1. The number of carboxylic acids is 1. The molecule has 5 aromatic rings. The summed E-state index contributed by atoms with van der Waals surface area (Å²) in [5, 5.41) is 68.6. The molecular formula is C55H69N13O15. The molecule has 18 N–H and O–H groups in total. The molecule has 3 aromatic carbocycles. The van der Waals surface area contributed by atoms with Gasteiger partial charge in [-0.3, -0.25) is 43.2 Å². The van der Waals surface area contributed by atoms with Crippen LogP contribution in [-0.4, -0.2) is 185 Å². The largest absolute Gasteiger partial charge is 0.508 e. The van der Waals surface area contributed by atoms with E-state index < -0.39 is 133 Å². The summed E-state index contributed by atoms with van der Waals surface area (Å²) < 4.78 is 0. The first kappa shape index (κ1) is 62.9. The number of carbonyl (C=O) groups is 10. The van der Waals surface area contributed by atoms with Crippen molar-refractivity contribution in [2.24, 2.45) is 11.5 Å². The second-order valence-electron chi connectivity index (χ2n) is 20.0. The molecule has 1 aliphatic heterocycles. The summed E-state index contributed by atoms with van der Waals surface area (Å²) in [5.74, 6) is -10.1. The fraction of sp³-hybridized carbons (Fsp3) is 0.400. The molecular weight excluding hydrogens is 1080 g/mol. The Morgan fingerprint density at radius 1 is 0.663 bits per heavy atom. The third kappa shape index (κ3) is 17.9. The number of aromatic hydroxyl groups is 1. The maximum absolute atomic E-state index is 14.7. The number of hydrogen-bond acceptors (Lipinski definition) is 16.